The number of benzene rings is 3. The predicted molar refractivity (Wildman–Crippen MR) is 171 cm³/mol. The second kappa shape index (κ2) is 15.5. The maximum Gasteiger partial charge on any atom is 0.338 e. The summed E-state index contributed by atoms with van der Waals surface area (Å²) in [5.41, 5.74) is 4.01. The number of carbonyl (C=O) groups is 2. The normalized spacial score (nSPS) is 11.2. The van der Waals surface area contributed by atoms with Crippen molar-refractivity contribution in [3.63, 3.8) is 0 Å². The lowest BCUT2D eigenvalue weighted by atomic mass is 10.1. The third-order valence-corrected chi connectivity index (χ3v) is 6.02. The molecule has 3 rings (SSSR count). The fourth-order valence-electron chi connectivity index (χ4n) is 3.23. The first kappa shape index (κ1) is 32.8. The van der Waals surface area contributed by atoms with Crippen LogP contribution < -0.4 is 9.47 Å². The van der Waals surface area contributed by atoms with Gasteiger partial charge < -0.3 is 18.9 Å². The molecule has 0 amide bonds. The average molecular weight is 587 g/mol. The summed E-state index contributed by atoms with van der Waals surface area (Å²) in [5.74, 6) is 14.5. The van der Waals surface area contributed by atoms with Gasteiger partial charge in [-0.2, -0.15) is 0 Å². The predicted octanol–water partition coefficient (Wildman–Crippen LogP) is 7.99. The molecule has 3 aromatic rings. The van der Waals surface area contributed by atoms with Gasteiger partial charge in [-0.25, -0.2) is 9.59 Å². The number of ether oxygens (including phenoxy) is 4. The van der Waals surface area contributed by atoms with E-state index in [1.54, 1.807) is 65.8 Å². The van der Waals surface area contributed by atoms with E-state index >= 15 is 0 Å². The van der Waals surface area contributed by atoms with Crippen molar-refractivity contribution in [3.05, 3.63) is 142 Å². The summed E-state index contributed by atoms with van der Waals surface area (Å²) in [6.45, 7) is 17.1. The topological polar surface area (TPSA) is 71.1 Å². The van der Waals surface area contributed by atoms with Crippen molar-refractivity contribution in [2.75, 3.05) is 0 Å². The maximum atomic E-state index is 11.7. The van der Waals surface area contributed by atoms with Crippen LogP contribution in [0.5, 0.6) is 11.5 Å². The van der Waals surface area contributed by atoms with Crippen LogP contribution in [0.1, 0.15) is 63.8 Å². The van der Waals surface area contributed by atoms with Crippen LogP contribution in [0.2, 0.25) is 0 Å². The molecule has 0 aliphatic rings. The van der Waals surface area contributed by atoms with E-state index in [4.69, 9.17) is 18.9 Å². The van der Waals surface area contributed by atoms with E-state index in [0.29, 0.717) is 45.7 Å². The molecule has 3 aromatic carbocycles. The van der Waals surface area contributed by atoms with Gasteiger partial charge in [-0.15, -0.1) is 0 Å². The zero-order valence-electron chi connectivity index (χ0n) is 25.8. The minimum Gasteiger partial charge on any atom is -0.459 e. The Hall–Kier alpha value is -5.72. The van der Waals surface area contributed by atoms with Gasteiger partial charge in [-0.05, 0) is 114 Å². The Morgan fingerprint density at radius 2 is 0.705 bits per heavy atom. The van der Waals surface area contributed by atoms with Gasteiger partial charge in [0.2, 0.25) is 0 Å². The molecule has 0 N–H and O–H groups in total. The molecule has 44 heavy (non-hydrogen) atoms. The monoisotopic (exact) mass is 586 g/mol. The van der Waals surface area contributed by atoms with Crippen molar-refractivity contribution in [2.45, 2.75) is 41.5 Å². The second-order valence-corrected chi connectivity index (χ2v) is 9.89. The van der Waals surface area contributed by atoms with Crippen molar-refractivity contribution in [3.8, 4) is 35.2 Å². The first-order chi connectivity index (χ1) is 20.9. The van der Waals surface area contributed by atoms with Crippen LogP contribution in [-0.2, 0) is 19.1 Å². The summed E-state index contributed by atoms with van der Waals surface area (Å²) in [4.78, 5) is 23.4. The third kappa shape index (κ3) is 10.3. The van der Waals surface area contributed by atoms with Crippen LogP contribution in [0.4, 0.5) is 0 Å². The Bertz CT molecular complexity index is 1610. The molecule has 0 saturated carbocycles. The number of allylic oxidation sites excluding steroid dienone is 4. The Labute approximate surface area is 259 Å². The molecule has 6 nitrogen and oxygen atoms in total. The van der Waals surface area contributed by atoms with E-state index < -0.39 is 11.9 Å². The summed E-state index contributed by atoms with van der Waals surface area (Å²) in [6.07, 6.45) is 0. The zero-order valence-corrected chi connectivity index (χ0v) is 25.8. The first-order valence-corrected chi connectivity index (χ1v) is 13.7. The quantitative estimate of drug-likeness (QED) is 0.115. The Balaban J connectivity index is 1.57. The lowest BCUT2D eigenvalue weighted by molar-refractivity contribution is -0.136. The molecule has 0 radical (unpaired) electrons. The summed E-state index contributed by atoms with van der Waals surface area (Å²) in [7, 11) is 0. The molecule has 6 heteroatoms. The van der Waals surface area contributed by atoms with Crippen molar-refractivity contribution in [1.29, 1.82) is 0 Å². The lowest BCUT2D eigenvalue weighted by Crippen LogP contribution is -2.06. The minimum atomic E-state index is -0.491. The molecule has 0 fully saturated rings. The van der Waals surface area contributed by atoms with E-state index in [2.05, 4.69) is 36.8 Å². The van der Waals surface area contributed by atoms with Crippen LogP contribution >= 0.6 is 0 Å². The zero-order chi connectivity index (χ0) is 32.2. The first-order valence-electron chi connectivity index (χ1n) is 13.7. The van der Waals surface area contributed by atoms with Crippen LogP contribution in [0, 0.1) is 23.7 Å². The molecule has 0 bridgehead atoms. The summed E-state index contributed by atoms with van der Waals surface area (Å²) < 4.78 is 22.0. The molecular formula is C38H34O6. The van der Waals surface area contributed by atoms with Crippen molar-refractivity contribution >= 4 is 11.9 Å². The highest BCUT2D eigenvalue weighted by atomic mass is 16.6. The van der Waals surface area contributed by atoms with Gasteiger partial charge in [-0.1, -0.05) is 36.8 Å². The fourth-order valence-corrected chi connectivity index (χ4v) is 3.23. The molecule has 0 aliphatic heterocycles. The summed E-state index contributed by atoms with van der Waals surface area (Å²) >= 11 is 0. The highest BCUT2D eigenvalue weighted by molar-refractivity contribution is 5.88. The highest BCUT2D eigenvalue weighted by Crippen LogP contribution is 2.19. The fraction of sp³-hybridized carbons (Fsp3) is 0.158. The number of carbonyl (C=O) groups excluding carboxylic acids is 2. The Morgan fingerprint density at radius 3 is 0.955 bits per heavy atom. The lowest BCUT2D eigenvalue weighted by Gasteiger charge is -2.10. The molecule has 222 valence electrons. The van der Waals surface area contributed by atoms with Gasteiger partial charge in [0.05, 0.1) is 0 Å². The van der Waals surface area contributed by atoms with E-state index in [9.17, 15) is 9.59 Å². The van der Waals surface area contributed by atoms with Gasteiger partial charge in [0.15, 0.2) is 0 Å². The summed E-state index contributed by atoms with van der Waals surface area (Å²) in [6, 6.07) is 22.4. The largest absolute Gasteiger partial charge is 0.459 e. The number of hydrogen-bond acceptors (Lipinski definition) is 6. The molecule has 0 spiro atoms. The van der Waals surface area contributed by atoms with Crippen LogP contribution in [0.15, 0.2) is 120 Å². The Morgan fingerprint density at radius 1 is 0.455 bits per heavy atom. The third-order valence-electron chi connectivity index (χ3n) is 6.02. The van der Waals surface area contributed by atoms with Gasteiger partial charge in [0.25, 0.3) is 0 Å². The van der Waals surface area contributed by atoms with E-state index in [1.165, 1.54) is 0 Å². The molecular weight excluding hydrogens is 552 g/mol. The molecule has 0 atom stereocenters. The number of rotatable bonds is 8. The van der Waals surface area contributed by atoms with Gasteiger partial charge >= 0.3 is 11.9 Å². The molecule has 0 aromatic heterocycles. The van der Waals surface area contributed by atoms with E-state index in [1.807, 2.05) is 48.5 Å². The number of hydrogen-bond donors (Lipinski definition) is 0. The minimum absolute atomic E-state index is 0.318. The summed E-state index contributed by atoms with van der Waals surface area (Å²) in [5, 5.41) is 0. The smallest absolute Gasteiger partial charge is 0.338 e. The molecule has 0 saturated heterocycles. The van der Waals surface area contributed by atoms with Gasteiger partial charge in [0, 0.05) is 33.4 Å². The second-order valence-electron chi connectivity index (χ2n) is 9.89. The highest BCUT2D eigenvalue weighted by Gasteiger charge is 2.10. The standard InChI is InChI=1S/C38H34O6/c1-25(2)37(39)43-29(7)27(5)41-35-21-17-33(18-22-35)15-13-31-9-11-32(12-10-31)14-16-34-19-23-36(24-20-34)42-28(6)30(8)44-38(40)26(3)4/h9-12,17-24H,1,3H2,2,4-8H3/b29-27+,30-28+. The molecule has 0 unspecified atom stereocenters. The van der Waals surface area contributed by atoms with E-state index in [-0.39, 0.29) is 0 Å². The van der Waals surface area contributed by atoms with Gasteiger partial charge in [0.1, 0.15) is 34.5 Å². The maximum absolute atomic E-state index is 11.7. The molecule has 0 heterocycles. The van der Waals surface area contributed by atoms with Crippen molar-refractivity contribution in [2.24, 2.45) is 0 Å². The van der Waals surface area contributed by atoms with Crippen LogP contribution in [0.25, 0.3) is 0 Å². The van der Waals surface area contributed by atoms with Crippen molar-refractivity contribution < 1.29 is 28.5 Å². The van der Waals surface area contributed by atoms with Crippen molar-refractivity contribution in [1.82, 2.24) is 0 Å². The molecule has 0 aliphatic carbocycles. The Kier molecular flexibility index (Phi) is 11.5. The average Bonchev–Trinajstić information content (AvgIpc) is 3.00. The van der Waals surface area contributed by atoms with E-state index in [0.717, 1.165) is 22.3 Å². The van der Waals surface area contributed by atoms with Gasteiger partial charge in [-0.3, -0.25) is 0 Å². The van der Waals surface area contributed by atoms with Crippen LogP contribution in [-0.4, -0.2) is 11.9 Å². The number of esters is 2. The SMILES string of the molecule is C=C(C)C(=O)O/C(C)=C(\C)Oc1ccc(C#Cc2ccc(C#Cc3ccc(O/C(C)=C(\C)OC(=O)C(=C)C)cc3)cc2)cc1. The van der Waals surface area contributed by atoms with Crippen LogP contribution in [0.3, 0.4) is 0 Å².